The zero-order chi connectivity index (χ0) is 20.0. The van der Waals surface area contributed by atoms with Crippen LogP contribution in [-0.4, -0.2) is 62.2 Å². The molecule has 2 saturated heterocycles. The number of benzene rings is 1. The Kier molecular flexibility index (Phi) is 6.91. The number of hydrogen-bond donors (Lipinski definition) is 2. The van der Waals surface area contributed by atoms with E-state index in [4.69, 9.17) is 9.47 Å². The summed E-state index contributed by atoms with van der Waals surface area (Å²) in [6, 6.07) is 7.78. The molecule has 1 aromatic carbocycles. The van der Waals surface area contributed by atoms with Gasteiger partial charge in [-0.2, -0.15) is 0 Å². The molecule has 1 unspecified atom stereocenters. The molecule has 0 aliphatic carbocycles. The number of methoxy groups -OCH3 is 2. The highest BCUT2D eigenvalue weighted by Gasteiger charge is 2.40. The fourth-order valence-corrected chi connectivity index (χ4v) is 4.01. The van der Waals surface area contributed by atoms with Crippen LogP contribution >= 0.6 is 0 Å². The summed E-state index contributed by atoms with van der Waals surface area (Å²) in [5.74, 6) is 0.870. The highest BCUT2D eigenvalue weighted by Crippen LogP contribution is 2.24. The van der Waals surface area contributed by atoms with Crippen LogP contribution in [0.2, 0.25) is 0 Å². The lowest BCUT2D eigenvalue weighted by atomic mass is 9.90. The smallest absolute Gasteiger partial charge is 0.252 e. The Balaban J connectivity index is 1.58. The number of rotatable bonds is 6. The lowest BCUT2D eigenvalue weighted by Crippen LogP contribution is -2.56. The van der Waals surface area contributed by atoms with Gasteiger partial charge in [-0.1, -0.05) is 12.1 Å². The average molecular weight is 389 g/mol. The quantitative estimate of drug-likeness (QED) is 0.770. The van der Waals surface area contributed by atoms with E-state index in [0.29, 0.717) is 38.8 Å². The van der Waals surface area contributed by atoms with E-state index in [0.717, 1.165) is 30.8 Å². The van der Waals surface area contributed by atoms with E-state index in [2.05, 4.69) is 10.6 Å². The Morgan fingerprint density at radius 1 is 1.29 bits per heavy atom. The van der Waals surface area contributed by atoms with Crippen molar-refractivity contribution in [3.8, 4) is 5.75 Å². The minimum atomic E-state index is -0.748. The molecule has 1 atom stereocenters. The minimum absolute atomic E-state index is 0.00586. The van der Waals surface area contributed by atoms with E-state index < -0.39 is 5.60 Å². The molecule has 2 aliphatic rings. The standard InChI is InChI=1S/C21H31N3O4/c1-27-18-5-3-4-16(14-18)15-24-13-8-17(6-7-19(24)25)23-20(26)21(28-2)9-11-22-12-10-21/h3-5,14,17,22H,6-13,15H2,1-2H3,(H,23,26). The second kappa shape index (κ2) is 9.39. The Hall–Kier alpha value is -2.12. The summed E-state index contributed by atoms with van der Waals surface area (Å²) in [4.78, 5) is 27.3. The number of carbonyl (C=O) groups is 2. The Morgan fingerprint density at radius 3 is 2.79 bits per heavy atom. The average Bonchev–Trinajstić information content (AvgIpc) is 2.90. The molecule has 0 radical (unpaired) electrons. The Bertz CT molecular complexity index is 688. The molecule has 2 N–H and O–H groups in total. The van der Waals surface area contributed by atoms with E-state index in [-0.39, 0.29) is 17.9 Å². The largest absolute Gasteiger partial charge is 0.497 e. The molecule has 3 rings (SSSR count). The third-order valence-electron chi connectivity index (χ3n) is 5.87. The molecule has 7 heteroatoms. The predicted molar refractivity (Wildman–Crippen MR) is 106 cm³/mol. The maximum atomic E-state index is 12.9. The van der Waals surface area contributed by atoms with Gasteiger partial charge in [0.1, 0.15) is 11.4 Å². The number of hydrogen-bond acceptors (Lipinski definition) is 5. The van der Waals surface area contributed by atoms with Crippen LogP contribution in [0.3, 0.4) is 0 Å². The molecule has 7 nitrogen and oxygen atoms in total. The van der Waals surface area contributed by atoms with Crippen LogP contribution in [0, 0.1) is 0 Å². The lowest BCUT2D eigenvalue weighted by Gasteiger charge is -2.36. The zero-order valence-electron chi connectivity index (χ0n) is 16.8. The molecular weight excluding hydrogens is 358 g/mol. The second-order valence-electron chi connectivity index (χ2n) is 7.61. The number of nitrogens with zero attached hydrogens (tertiary/aromatic N) is 1. The number of nitrogens with one attached hydrogen (secondary N) is 2. The van der Waals surface area contributed by atoms with E-state index in [9.17, 15) is 9.59 Å². The second-order valence-corrected chi connectivity index (χ2v) is 7.61. The fraction of sp³-hybridized carbons (Fsp3) is 0.619. The lowest BCUT2D eigenvalue weighted by molar-refractivity contribution is -0.147. The van der Waals surface area contributed by atoms with Crippen LogP contribution in [0.4, 0.5) is 0 Å². The Morgan fingerprint density at radius 2 is 2.07 bits per heavy atom. The molecule has 0 saturated carbocycles. The summed E-state index contributed by atoms with van der Waals surface area (Å²) in [6.45, 7) is 2.74. The molecule has 28 heavy (non-hydrogen) atoms. The number of ether oxygens (including phenoxy) is 2. The first kappa shape index (κ1) is 20.6. The van der Waals surface area contributed by atoms with E-state index in [1.54, 1.807) is 14.2 Å². The zero-order valence-corrected chi connectivity index (χ0v) is 16.8. The van der Waals surface area contributed by atoms with Gasteiger partial charge in [0.2, 0.25) is 5.91 Å². The van der Waals surface area contributed by atoms with E-state index >= 15 is 0 Å². The van der Waals surface area contributed by atoms with Crippen molar-refractivity contribution in [1.29, 1.82) is 0 Å². The first-order valence-electron chi connectivity index (χ1n) is 10.0. The molecule has 1 aromatic rings. The van der Waals surface area contributed by atoms with Crippen molar-refractivity contribution in [2.75, 3.05) is 33.9 Å². The number of piperidine rings is 1. The fourth-order valence-electron chi connectivity index (χ4n) is 4.01. The van der Waals surface area contributed by atoms with Gasteiger partial charge in [-0.15, -0.1) is 0 Å². The van der Waals surface area contributed by atoms with Crippen LogP contribution in [-0.2, 0) is 20.9 Å². The molecule has 0 bridgehead atoms. The first-order valence-corrected chi connectivity index (χ1v) is 10.0. The van der Waals surface area contributed by atoms with Crippen molar-refractivity contribution in [3.05, 3.63) is 29.8 Å². The highest BCUT2D eigenvalue weighted by atomic mass is 16.5. The van der Waals surface area contributed by atoms with Gasteiger partial charge in [0, 0.05) is 32.7 Å². The SMILES string of the molecule is COc1cccc(CN2CCC(NC(=O)C3(OC)CCNCC3)CCC2=O)c1. The Labute approximate surface area is 166 Å². The van der Waals surface area contributed by atoms with Crippen molar-refractivity contribution < 1.29 is 19.1 Å². The number of amides is 2. The maximum Gasteiger partial charge on any atom is 0.252 e. The normalized spacial score (nSPS) is 22.4. The molecule has 2 fully saturated rings. The van der Waals surface area contributed by atoms with Crippen molar-refractivity contribution in [2.24, 2.45) is 0 Å². The van der Waals surface area contributed by atoms with Gasteiger partial charge in [0.25, 0.3) is 5.91 Å². The van der Waals surface area contributed by atoms with Crippen LogP contribution < -0.4 is 15.4 Å². The third-order valence-corrected chi connectivity index (χ3v) is 5.87. The van der Waals surface area contributed by atoms with Crippen LogP contribution in [0.25, 0.3) is 0 Å². The summed E-state index contributed by atoms with van der Waals surface area (Å²) >= 11 is 0. The summed E-state index contributed by atoms with van der Waals surface area (Å²) in [5, 5.41) is 6.42. The van der Waals surface area contributed by atoms with Crippen molar-refractivity contribution >= 4 is 11.8 Å². The van der Waals surface area contributed by atoms with Gasteiger partial charge in [-0.3, -0.25) is 9.59 Å². The van der Waals surface area contributed by atoms with Crippen LogP contribution in [0.1, 0.15) is 37.7 Å². The first-order chi connectivity index (χ1) is 13.6. The summed E-state index contributed by atoms with van der Waals surface area (Å²) in [6.07, 6.45) is 3.19. The van der Waals surface area contributed by atoms with Crippen molar-refractivity contribution in [3.63, 3.8) is 0 Å². The highest BCUT2D eigenvalue weighted by molar-refractivity contribution is 5.86. The van der Waals surface area contributed by atoms with Gasteiger partial charge >= 0.3 is 0 Å². The molecule has 2 heterocycles. The van der Waals surface area contributed by atoms with Crippen molar-refractivity contribution in [1.82, 2.24) is 15.5 Å². The van der Waals surface area contributed by atoms with Crippen LogP contribution in [0.15, 0.2) is 24.3 Å². The molecule has 2 aliphatic heterocycles. The third kappa shape index (κ3) is 4.83. The maximum absolute atomic E-state index is 12.9. The minimum Gasteiger partial charge on any atom is -0.497 e. The summed E-state index contributed by atoms with van der Waals surface area (Å²) in [7, 11) is 3.25. The molecular formula is C21H31N3O4. The molecule has 154 valence electrons. The van der Waals surface area contributed by atoms with Crippen LogP contribution in [0.5, 0.6) is 5.75 Å². The summed E-state index contributed by atoms with van der Waals surface area (Å²) < 4.78 is 10.9. The van der Waals surface area contributed by atoms with Gasteiger partial charge in [-0.25, -0.2) is 0 Å². The van der Waals surface area contributed by atoms with Gasteiger partial charge in [-0.05, 0) is 56.5 Å². The topological polar surface area (TPSA) is 79.9 Å². The number of carbonyl (C=O) groups excluding carboxylic acids is 2. The van der Waals surface area contributed by atoms with Gasteiger partial charge in [0.05, 0.1) is 7.11 Å². The molecule has 0 spiro atoms. The molecule has 0 aromatic heterocycles. The monoisotopic (exact) mass is 389 g/mol. The predicted octanol–water partition coefficient (Wildman–Crippen LogP) is 1.46. The van der Waals surface area contributed by atoms with Gasteiger partial charge < -0.3 is 25.0 Å². The van der Waals surface area contributed by atoms with Gasteiger partial charge in [0.15, 0.2) is 0 Å². The van der Waals surface area contributed by atoms with Crippen molar-refractivity contribution in [2.45, 2.75) is 50.3 Å². The molecule has 2 amide bonds. The van der Waals surface area contributed by atoms with E-state index in [1.807, 2.05) is 29.2 Å². The van der Waals surface area contributed by atoms with E-state index in [1.165, 1.54) is 0 Å². The summed E-state index contributed by atoms with van der Waals surface area (Å²) in [5.41, 5.74) is 0.296. The number of likely N-dealkylation sites (tertiary alicyclic amines) is 1.